The molecule has 0 fully saturated rings. The maximum Gasteiger partial charge on any atom is 0.264 e. The van der Waals surface area contributed by atoms with Crippen molar-refractivity contribution in [2.75, 3.05) is 17.4 Å². The molecule has 4 aromatic carbocycles. The zero-order valence-corrected chi connectivity index (χ0v) is 27.8. The van der Waals surface area contributed by atoms with E-state index in [-0.39, 0.29) is 29.7 Å². The van der Waals surface area contributed by atoms with Crippen molar-refractivity contribution in [1.29, 1.82) is 0 Å². The highest BCUT2D eigenvalue weighted by molar-refractivity contribution is 7.92. The minimum Gasteiger partial charge on any atom is -0.354 e. The number of sulfonamides is 1. The van der Waals surface area contributed by atoms with Crippen molar-refractivity contribution < 1.29 is 18.0 Å². The molecule has 0 spiro atoms. The van der Waals surface area contributed by atoms with Crippen molar-refractivity contribution >= 4 is 50.7 Å². The van der Waals surface area contributed by atoms with Gasteiger partial charge in [0.1, 0.15) is 12.6 Å². The second-order valence-electron chi connectivity index (χ2n) is 11.2. The fourth-order valence-corrected chi connectivity index (χ4v) is 6.75. The SMILES string of the molecule is Cc1cc(Cl)ccc1N(CC(=O)N(Cc1ccc(Cl)cc1)[C@@H](Cc1ccccc1)C(=O)NCC(C)C)S(=O)(=O)c1ccccc1. The van der Waals surface area contributed by atoms with Crippen LogP contribution in [0.3, 0.4) is 0 Å². The Morgan fingerprint density at radius 3 is 2.00 bits per heavy atom. The molecule has 0 aliphatic heterocycles. The molecule has 0 saturated carbocycles. The molecule has 4 rings (SSSR count). The van der Waals surface area contributed by atoms with E-state index in [0.717, 1.165) is 15.4 Å². The summed E-state index contributed by atoms with van der Waals surface area (Å²) in [6, 6.07) is 28.3. The quantitative estimate of drug-likeness (QED) is 0.168. The van der Waals surface area contributed by atoms with Gasteiger partial charge in [0.15, 0.2) is 0 Å². The summed E-state index contributed by atoms with van der Waals surface area (Å²) in [7, 11) is -4.20. The molecule has 0 aliphatic rings. The number of hydrogen-bond acceptors (Lipinski definition) is 4. The van der Waals surface area contributed by atoms with Crippen LogP contribution in [0.2, 0.25) is 10.0 Å². The largest absolute Gasteiger partial charge is 0.354 e. The molecule has 0 unspecified atom stereocenters. The van der Waals surface area contributed by atoms with Crippen molar-refractivity contribution in [3.05, 3.63) is 130 Å². The highest BCUT2D eigenvalue weighted by Gasteiger charge is 2.35. The topological polar surface area (TPSA) is 86.8 Å². The van der Waals surface area contributed by atoms with Crippen LogP contribution in [-0.4, -0.2) is 44.3 Å². The smallest absolute Gasteiger partial charge is 0.264 e. The first-order valence-corrected chi connectivity index (χ1v) is 16.8. The van der Waals surface area contributed by atoms with Crippen molar-refractivity contribution in [2.45, 2.75) is 44.7 Å². The number of amides is 2. The third-order valence-corrected chi connectivity index (χ3v) is 9.52. The molecule has 1 N–H and O–H groups in total. The van der Waals surface area contributed by atoms with E-state index in [1.54, 1.807) is 67.6 Å². The summed E-state index contributed by atoms with van der Waals surface area (Å²) in [6.07, 6.45) is 0.232. The molecule has 4 aromatic rings. The normalized spacial score (nSPS) is 12.0. The molecule has 0 heterocycles. The van der Waals surface area contributed by atoms with Gasteiger partial charge in [0.25, 0.3) is 10.0 Å². The van der Waals surface area contributed by atoms with Gasteiger partial charge in [-0.15, -0.1) is 0 Å². The summed E-state index contributed by atoms with van der Waals surface area (Å²) in [6.45, 7) is 5.65. The number of nitrogens with zero attached hydrogens (tertiary/aromatic N) is 2. The van der Waals surface area contributed by atoms with Gasteiger partial charge in [0, 0.05) is 29.6 Å². The van der Waals surface area contributed by atoms with Crippen LogP contribution in [0.5, 0.6) is 0 Å². The van der Waals surface area contributed by atoms with Gasteiger partial charge in [-0.1, -0.05) is 97.7 Å². The third kappa shape index (κ3) is 9.10. The van der Waals surface area contributed by atoms with Gasteiger partial charge in [-0.25, -0.2) is 8.42 Å². The van der Waals surface area contributed by atoms with Crippen LogP contribution in [0, 0.1) is 12.8 Å². The van der Waals surface area contributed by atoms with E-state index in [1.165, 1.54) is 17.0 Å². The standard InChI is InChI=1S/C35H37Cl2N3O4S/c1-25(2)22-38-35(42)33(21-27-10-6-4-7-11-27)39(23-28-14-16-29(36)17-15-28)34(41)24-40(32-19-18-30(37)20-26(32)3)45(43,44)31-12-8-5-9-13-31/h4-20,25,33H,21-24H2,1-3H3,(H,38,42)/t33-/m0/s1. The molecular formula is C35H37Cl2N3O4S. The van der Waals surface area contributed by atoms with Gasteiger partial charge in [-0.05, 0) is 72.0 Å². The van der Waals surface area contributed by atoms with Gasteiger partial charge in [0.2, 0.25) is 11.8 Å². The van der Waals surface area contributed by atoms with Crippen LogP contribution in [0.4, 0.5) is 5.69 Å². The Balaban J connectivity index is 1.81. The molecule has 0 radical (unpaired) electrons. The number of benzene rings is 4. The zero-order valence-electron chi connectivity index (χ0n) is 25.5. The van der Waals surface area contributed by atoms with Crippen LogP contribution < -0.4 is 9.62 Å². The van der Waals surface area contributed by atoms with Crippen LogP contribution in [0.25, 0.3) is 0 Å². The van der Waals surface area contributed by atoms with Gasteiger partial charge in [-0.2, -0.15) is 0 Å². The minimum absolute atomic E-state index is 0.0342. The summed E-state index contributed by atoms with van der Waals surface area (Å²) in [4.78, 5) is 29.8. The summed E-state index contributed by atoms with van der Waals surface area (Å²) >= 11 is 12.4. The molecule has 236 valence electrons. The Kier molecular flexibility index (Phi) is 11.7. The van der Waals surface area contributed by atoms with Gasteiger partial charge < -0.3 is 10.2 Å². The molecular weight excluding hydrogens is 629 g/mol. The van der Waals surface area contributed by atoms with Crippen molar-refractivity contribution in [3.8, 4) is 0 Å². The van der Waals surface area contributed by atoms with Gasteiger partial charge in [0.05, 0.1) is 10.6 Å². The van der Waals surface area contributed by atoms with Gasteiger partial charge >= 0.3 is 0 Å². The number of nitrogens with one attached hydrogen (secondary N) is 1. The number of anilines is 1. The Morgan fingerprint density at radius 1 is 0.800 bits per heavy atom. The number of halogens is 2. The summed E-state index contributed by atoms with van der Waals surface area (Å²) in [5.41, 5.74) is 2.49. The fraction of sp³-hybridized carbons (Fsp3) is 0.257. The first-order chi connectivity index (χ1) is 21.5. The maximum absolute atomic E-state index is 14.5. The van der Waals surface area contributed by atoms with E-state index in [4.69, 9.17) is 23.2 Å². The van der Waals surface area contributed by atoms with Crippen molar-refractivity contribution in [2.24, 2.45) is 5.92 Å². The Bertz CT molecular complexity index is 1700. The fourth-order valence-electron chi connectivity index (χ4n) is 4.89. The molecule has 10 heteroatoms. The van der Waals surface area contributed by atoms with E-state index in [1.807, 2.05) is 44.2 Å². The molecule has 0 bridgehead atoms. The van der Waals surface area contributed by atoms with Crippen LogP contribution >= 0.6 is 23.2 Å². The van der Waals surface area contributed by atoms with Crippen LogP contribution in [0.15, 0.2) is 108 Å². The Hall–Kier alpha value is -3.85. The van der Waals surface area contributed by atoms with E-state index in [9.17, 15) is 18.0 Å². The lowest BCUT2D eigenvalue weighted by atomic mass is 10.0. The number of aryl methyl sites for hydroxylation is 1. The number of carbonyl (C=O) groups excluding carboxylic acids is 2. The molecule has 0 aromatic heterocycles. The first kappa shape index (κ1) is 34.0. The maximum atomic E-state index is 14.5. The average molecular weight is 667 g/mol. The highest BCUT2D eigenvalue weighted by atomic mass is 35.5. The lowest BCUT2D eigenvalue weighted by Crippen LogP contribution is -2.53. The molecule has 1 atom stereocenters. The van der Waals surface area contributed by atoms with E-state index >= 15 is 0 Å². The second kappa shape index (κ2) is 15.4. The summed E-state index contributed by atoms with van der Waals surface area (Å²) in [5.74, 6) is -0.680. The lowest BCUT2D eigenvalue weighted by Gasteiger charge is -2.34. The molecule has 45 heavy (non-hydrogen) atoms. The second-order valence-corrected chi connectivity index (χ2v) is 14.0. The average Bonchev–Trinajstić information content (AvgIpc) is 3.02. The van der Waals surface area contributed by atoms with Crippen LogP contribution in [-0.2, 0) is 32.6 Å². The summed E-state index contributed by atoms with van der Waals surface area (Å²) < 4.78 is 29.3. The predicted molar refractivity (Wildman–Crippen MR) is 181 cm³/mol. The van der Waals surface area contributed by atoms with E-state index in [2.05, 4.69) is 5.32 Å². The van der Waals surface area contributed by atoms with Crippen molar-refractivity contribution in [1.82, 2.24) is 10.2 Å². The minimum atomic E-state index is -4.20. The van der Waals surface area contributed by atoms with Crippen molar-refractivity contribution in [3.63, 3.8) is 0 Å². The van der Waals surface area contributed by atoms with Gasteiger partial charge in [-0.3, -0.25) is 13.9 Å². The first-order valence-electron chi connectivity index (χ1n) is 14.6. The lowest BCUT2D eigenvalue weighted by molar-refractivity contribution is -0.140. The Labute approximate surface area is 275 Å². The summed E-state index contributed by atoms with van der Waals surface area (Å²) in [5, 5.41) is 3.96. The Morgan fingerprint density at radius 2 is 1.40 bits per heavy atom. The third-order valence-electron chi connectivity index (χ3n) is 7.26. The molecule has 2 amide bonds. The highest BCUT2D eigenvalue weighted by Crippen LogP contribution is 2.29. The number of carbonyl (C=O) groups is 2. The van der Waals surface area contributed by atoms with Crippen LogP contribution in [0.1, 0.15) is 30.5 Å². The molecule has 0 aliphatic carbocycles. The number of hydrogen-bond donors (Lipinski definition) is 1. The molecule has 0 saturated heterocycles. The van der Waals surface area contributed by atoms with E-state index < -0.39 is 28.5 Å². The predicted octanol–water partition coefficient (Wildman–Crippen LogP) is 6.91. The monoisotopic (exact) mass is 665 g/mol. The zero-order chi connectivity index (χ0) is 32.6. The molecule has 7 nitrogen and oxygen atoms in total. The number of rotatable bonds is 13. The van der Waals surface area contributed by atoms with E-state index in [0.29, 0.717) is 27.8 Å².